The first kappa shape index (κ1) is 18.6. The fourth-order valence-electron chi connectivity index (χ4n) is 0.982. The molecule has 0 aliphatic carbocycles. The van der Waals surface area contributed by atoms with E-state index in [1.54, 1.807) is 0 Å². The van der Waals surface area contributed by atoms with Crippen LogP contribution in [0.25, 0.3) is 0 Å². The van der Waals surface area contributed by atoms with Gasteiger partial charge in [-0.2, -0.15) is 8.78 Å². The predicted molar refractivity (Wildman–Crippen MR) is 63.6 cm³/mol. The Kier molecular flexibility index (Phi) is 6.90. The van der Waals surface area contributed by atoms with Crippen LogP contribution in [0.5, 0.6) is 5.75 Å². The molecule has 1 rings (SSSR count). The predicted octanol–water partition coefficient (Wildman–Crippen LogP) is 4.61. The van der Waals surface area contributed by atoms with Crippen LogP contribution >= 0.6 is 15.9 Å². The van der Waals surface area contributed by atoms with Crippen molar-refractivity contribution >= 4 is 21.9 Å². The maximum absolute atomic E-state index is 13.2. The van der Waals surface area contributed by atoms with Crippen LogP contribution in [0.2, 0.25) is 0 Å². The molecule has 0 saturated heterocycles. The van der Waals surface area contributed by atoms with E-state index in [4.69, 9.17) is 5.11 Å². The van der Waals surface area contributed by atoms with E-state index in [2.05, 4.69) is 20.7 Å². The summed E-state index contributed by atoms with van der Waals surface area (Å²) in [7, 11) is 0. The minimum Gasteiger partial charge on any atom is -0.474 e. The molecule has 1 aromatic rings. The van der Waals surface area contributed by atoms with Gasteiger partial charge in [0, 0.05) is 5.56 Å². The van der Waals surface area contributed by atoms with Gasteiger partial charge in [-0.05, 0) is 28.1 Å². The molecule has 0 amide bonds. The minimum atomic E-state index is -4.73. The first-order valence-electron chi connectivity index (χ1n) is 5.23. The van der Waals surface area contributed by atoms with E-state index in [0.29, 0.717) is 12.1 Å². The number of halogens is 6. The Morgan fingerprint density at radius 1 is 1.35 bits per heavy atom. The van der Waals surface area contributed by atoms with Crippen LogP contribution in [0.4, 0.5) is 22.0 Å². The van der Waals surface area contributed by atoms with Crippen LogP contribution < -0.4 is 4.74 Å². The summed E-state index contributed by atoms with van der Waals surface area (Å²) < 4.78 is 66.3. The third-order valence-electron chi connectivity index (χ3n) is 1.79. The zero-order chi connectivity index (χ0) is 16.1. The largest absolute Gasteiger partial charge is 0.502 e. The Labute approximate surface area is 119 Å². The lowest BCUT2D eigenvalue weighted by atomic mass is 10.2. The molecule has 0 radical (unpaired) electrons. The maximum Gasteiger partial charge on any atom is 0.502 e. The molecule has 0 fully saturated rings. The monoisotopic (exact) mass is 364 g/mol. The zero-order valence-corrected chi connectivity index (χ0v) is 11.8. The standard InChI is InChI=1S/C9H4BrF5O3.C2H6/c10-5-3(7(12)13)1-2-4(11)6(5)18-9(14,15)8(16)17;1-2/h1-2,7H,(H,16,17);1-2H3. The van der Waals surface area contributed by atoms with E-state index in [0.717, 1.165) is 0 Å². The van der Waals surface area contributed by atoms with Crippen LogP contribution in [-0.4, -0.2) is 17.2 Å². The summed E-state index contributed by atoms with van der Waals surface area (Å²) in [4.78, 5) is 10.1. The highest BCUT2D eigenvalue weighted by atomic mass is 79.9. The number of hydrogen-bond donors (Lipinski definition) is 1. The molecule has 0 spiro atoms. The number of aliphatic carboxylic acids is 1. The average Bonchev–Trinajstić information content (AvgIpc) is 2.36. The Balaban J connectivity index is 0.00000172. The molecule has 0 bridgehead atoms. The van der Waals surface area contributed by atoms with Gasteiger partial charge >= 0.3 is 12.1 Å². The van der Waals surface area contributed by atoms with E-state index in [9.17, 15) is 26.7 Å². The molecule has 0 saturated carbocycles. The Hall–Kier alpha value is -1.38. The second-order valence-corrected chi connectivity index (χ2v) is 3.80. The summed E-state index contributed by atoms with van der Waals surface area (Å²) in [6, 6.07) is 1.13. The van der Waals surface area contributed by atoms with Crippen LogP contribution in [-0.2, 0) is 4.79 Å². The summed E-state index contributed by atoms with van der Waals surface area (Å²) in [5.74, 6) is -5.36. The van der Waals surface area contributed by atoms with Gasteiger partial charge in [0.15, 0.2) is 11.6 Å². The lowest BCUT2D eigenvalue weighted by Gasteiger charge is -2.16. The normalized spacial score (nSPS) is 10.8. The number of alkyl halides is 4. The topological polar surface area (TPSA) is 46.5 Å². The molecule has 0 heterocycles. The number of ether oxygens (including phenoxy) is 1. The summed E-state index contributed by atoms with van der Waals surface area (Å²) in [5.41, 5.74) is -0.799. The Morgan fingerprint density at radius 3 is 2.25 bits per heavy atom. The Morgan fingerprint density at radius 2 is 1.85 bits per heavy atom. The van der Waals surface area contributed by atoms with Crippen molar-refractivity contribution in [1.82, 2.24) is 0 Å². The van der Waals surface area contributed by atoms with Crippen LogP contribution in [0.15, 0.2) is 16.6 Å². The smallest absolute Gasteiger partial charge is 0.474 e. The van der Waals surface area contributed by atoms with Crippen molar-refractivity contribution in [3.05, 3.63) is 28.0 Å². The number of carboxylic acids is 1. The van der Waals surface area contributed by atoms with E-state index in [1.165, 1.54) is 0 Å². The van der Waals surface area contributed by atoms with Gasteiger partial charge in [0.2, 0.25) is 0 Å². The molecule has 0 aliphatic rings. The number of benzene rings is 1. The molecule has 0 aliphatic heterocycles. The third-order valence-corrected chi connectivity index (χ3v) is 2.61. The SMILES string of the molecule is CC.O=C(O)C(F)(F)Oc1c(F)ccc(C(F)F)c1Br. The van der Waals surface area contributed by atoms with Crippen LogP contribution in [0.3, 0.4) is 0 Å². The zero-order valence-electron chi connectivity index (χ0n) is 10.3. The molecule has 0 aromatic heterocycles. The summed E-state index contributed by atoms with van der Waals surface area (Å²) in [6.45, 7) is 4.00. The van der Waals surface area contributed by atoms with Gasteiger partial charge in [-0.3, -0.25) is 0 Å². The molecular weight excluding hydrogens is 355 g/mol. The van der Waals surface area contributed by atoms with E-state index in [-0.39, 0.29) is 0 Å². The van der Waals surface area contributed by atoms with Gasteiger partial charge in [0.05, 0.1) is 4.47 Å². The highest BCUT2D eigenvalue weighted by molar-refractivity contribution is 9.10. The van der Waals surface area contributed by atoms with Crippen LogP contribution in [0, 0.1) is 5.82 Å². The highest BCUT2D eigenvalue weighted by Crippen LogP contribution is 2.38. The first-order chi connectivity index (χ1) is 9.16. The lowest BCUT2D eigenvalue weighted by molar-refractivity contribution is -0.211. The summed E-state index contributed by atoms with van der Waals surface area (Å²) in [6.07, 6.45) is -7.80. The summed E-state index contributed by atoms with van der Waals surface area (Å²) in [5, 5.41) is 8.10. The van der Waals surface area contributed by atoms with E-state index < -0.39 is 40.1 Å². The quantitative estimate of drug-likeness (QED) is 0.793. The average molecular weight is 365 g/mol. The molecule has 9 heteroatoms. The molecule has 0 atom stereocenters. The van der Waals surface area contributed by atoms with Gasteiger partial charge < -0.3 is 9.84 Å². The number of rotatable bonds is 4. The first-order valence-corrected chi connectivity index (χ1v) is 6.02. The molecule has 3 nitrogen and oxygen atoms in total. The van der Waals surface area contributed by atoms with Crippen molar-refractivity contribution in [2.24, 2.45) is 0 Å². The van der Waals surface area contributed by atoms with Crippen molar-refractivity contribution in [3.63, 3.8) is 0 Å². The van der Waals surface area contributed by atoms with Gasteiger partial charge in [-0.1, -0.05) is 13.8 Å². The van der Waals surface area contributed by atoms with Gasteiger partial charge in [-0.15, -0.1) is 0 Å². The lowest BCUT2D eigenvalue weighted by Crippen LogP contribution is -2.35. The van der Waals surface area contributed by atoms with Gasteiger partial charge in [-0.25, -0.2) is 18.0 Å². The van der Waals surface area contributed by atoms with E-state index in [1.807, 2.05) is 13.8 Å². The van der Waals surface area contributed by atoms with Gasteiger partial charge in [0.1, 0.15) is 0 Å². The third kappa shape index (κ3) is 4.32. The molecule has 1 N–H and O–H groups in total. The number of carbonyl (C=O) groups is 1. The fraction of sp³-hybridized carbons (Fsp3) is 0.364. The second-order valence-electron chi connectivity index (χ2n) is 3.00. The fourth-order valence-corrected chi connectivity index (χ4v) is 1.56. The summed E-state index contributed by atoms with van der Waals surface area (Å²) >= 11 is 2.46. The minimum absolute atomic E-state index is 0.472. The number of hydrogen-bond acceptors (Lipinski definition) is 2. The second kappa shape index (κ2) is 7.41. The molecule has 20 heavy (non-hydrogen) atoms. The molecule has 114 valence electrons. The van der Waals surface area contributed by atoms with E-state index >= 15 is 0 Å². The van der Waals surface area contributed by atoms with Gasteiger partial charge in [0.25, 0.3) is 6.43 Å². The molecule has 0 unspecified atom stereocenters. The van der Waals surface area contributed by atoms with Crippen molar-refractivity contribution in [2.45, 2.75) is 26.4 Å². The number of carboxylic acid groups (broad SMARTS) is 1. The maximum atomic E-state index is 13.2. The van der Waals surface area contributed by atoms with Crippen molar-refractivity contribution in [2.75, 3.05) is 0 Å². The molecule has 1 aromatic carbocycles. The van der Waals surface area contributed by atoms with Crippen LogP contribution in [0.1, 0.15) is 25.8 Å². The van der Waals surface area contributed by atoms with Crippen molar-refractivity contribution in [1.29, 1.82) is 0 Å². The highest BCUT2D eigenvalue weighted by Gasteiger charge is 2.44. The molecular formula is C11H10BrF5O3. The van der Waals surface area contributed by atoms with Crippen molar-refractivity contribution < 1.29 is 36.6 Å². The Bertz CT molecular complexity index is 479. The van der Waals surface area contributed by atoms with Crippen molar-refractivity contribution in [3.8, 4) is 5.75 Å².